The lowest BCUT2D eigenvalue weighted by Gasteiger charge is -2.16. The maximum absolute atomic E-state index is 13.3. The molecule has 0 radical (unpaired) electrons. The molecule has 5 heteroatoms. The number of rotatable bonds is 3. The van der Waals surface area contributed by atoms with Gasteiger partial charge in [-0.2, -0.15) is 5.10 Å². The molecule has 0 saturated carbocycles. The van der Waals surface area contributed by atoms with Crippen LogP contribution in [0.5, 0.6) is 0 Å². The number of nitrogens with zero attached hydrogens (tertiary/aromatic N) is 2. The number of aliphatic hydroxyl groups excluding tert-OH is 1. The van der Waals surface area contributed by atoms with E-state index in [0.29, 0.717) is 11.3 Å². The van der Waals surface area contributed by atoms with Crippen molar-refractivity contribution in [1.82, 2.24) is 9.78 Å². The van der Waals surface area contributed by atoms with Crippen molar-refractivity contribution in [3.63, 3.8) is 0 Å². The van der Waals surface area contributed by atoms with E-state index in [2.05, 4.69) is 5.10 Å². The van der Waals surface area contributed by atoms with E-state index in [1.54, 1.807) is 23.0 Å². The van der Waals surface area contributed by atoms with Crippen LogP contribution in [-0.2, 0) is 0 Å². The number of aliphatic hydroxyl groups is 1. The minimum atomic E-state index is -0.942. The molecule has 2 aromatic rings. The van der Waals surface area contributed by atoms with E-state index in [0.717, 1.165) is 0 Å². The van der Waals surface area contributed by atoms with Crippen molar-refractivity contribution in [2.24, 2.45) is 0 Å². The Bertz CT molecular complexity index is 533. The van der Waals surface area contributed by atoms with E-state index in [1.165, 1.54) is 12.1 Å². The molecule has 1 unspecified atom stereocenters. The number of aromatic nitrogens is 2. The second kappa shape index (κ2) is 5.08. The molecule has 0 spiro atoms. The van der Waals surface area contributed by atoms with Crippen molar-refractivity contribution in [3.05, 3.63) is 52.6 Å². The van der Waals surface area contributed by atoms with Gasteiger partial charge in [-0.1, -0.05) is 11.6 Å². The van der Waals surface area contributed by atoms with E-state index in [1.807, 2.05) is 13.8 Å². The van der Waals surface area contributed by atoms with Crippen molar-refractivity contribution in [2.45, 2.75) is 26.0 Å². The van der Waals surface area contributed by atoms with Crippen molar-refractivity contribution < 1.29 is 9.50 Å². The van der Waals surface area contributed by atoms with Gasteiger partial charge in [-0.3, -0.25) is 4.68 Å². The zero-order valence-electron chi connectivity index (χ0n) is 10.1. The summed E-state index contributed by atoms with van der Waals surface area (Å²) in [6.07, 6.45) is 0.669. The van der Waals surface area contributed by atoms with E-state index in [9.17, 15) is 9.50 Å². The molecule has 0 bridgehead atoms. The molecule has 1 aromatic carbocycles. The summed E-state index contributed by atoms with van der Waals surface area (Å²) in [6.45, 7) is 3.92. The van der Waals surface area contributed by atoms with Crippen LogP contribution in [0.4, 0.5) is 4.39 Å². The monoisotopic (exact) mass is 268 g/mol. The highest BCUT2D eigenvalue weighted by Crippen LogP contribution is 2.26. The van der Waals surface area contributed by atoms with Crippen LogP contribution in [0.15, 0.2) is 30.5 Å². The van der Waals surface area contributed by atoms with Gasteiger partial charge >= 0.3 is 0 Å². The quantitative estimate of drug-likeness (QED) is 0.927. The molecule has 3 nitrogen and oxygen atoms in total. The summed E-state index contributed by atoms with van der Waals surface area (Å²) in [4.78, 5) is 0. The van der Waals surface area contributed by atoms with Gasteiger partial charge in [0.2, 0.25) is 0 Å². The van der Waals surface area contributed by atoms with Crippen LogP contribution in [0, 0.1) is 5.82 Å². The molecular weight excluding hydrogens is 255 g/mol. The van der Waals surface area contributed by atoms with Crippen LogP contribution in [-0.4, -0.2) is 14.9 Å². The fraction of sp³-hybridized carbons (Fsp3) is 0.308. The molecule has 1 N–H and O–H groups in total. The largest absolute Gasteiger partial charge is 0.382 e. The number of halogens is 2. The van der Waals surface area contributed by atoms with Crippen LogP contribution in [0.2, 0.25) is 5.02 Å². The number of benzene rings is 1. The van der Waals surface area contributed by atoms with E-state index in [4.69, 9.17) is 11.6 Å². The summed E-state index contributed by atoms with van der Waals surface area (Å²) in [6, 6.07) is 5.86. The second-order valence-electron chi connectivity index (χ2n) is 4.40. The zero-order valence-corrected chi connectivity index (χ0v) is 10.9. The Morgan fingerprint density at radius 3 is 2.67 bits per heavy atom. The Morgan fingerprint density at radius 2 is 2.06 bits per heavy atom. The highest BCUT2D eigenvalue weighted by molar-refractivity contribution is 6.30. The van der Waals surface area contributed by atoms with Gasteiger partial charge in [-0.05, 0) is 43.7 Å². The average Bonchev–Trinajstić information content (AvgIpc) is 2.75. The fourth-order valence-electron chi connectivity index (χ4n) is 1.88. The topological polar surface area (TPSA) is 38.0 Å². The van der Waals surface area contributed by atoms with E-state index < -0.39 is 11.9 Å². The predicted molar refractivity (Wildman–Crippen MR) is 68.1 cm³/mol. The average molecular weight is 269 g/mol. The Kier molecular flexibility index (Phi) is 3.68. The molecule has 96 valence electrons. The summed E-state index contributed by atoms with van der Waals surface area (Å²) in [5, 5.41) is 14.7. The minimum Gasteiger partial charge on any atom is -0.382 e. The SMILES string of the molecule is CC(C)n1nccc1C(O)c1cc(F)cc(Cl)c1. The zero-order chi connectivity index (χ0) is 13.3. The lowest BCUT2D eigenvalue weighted by molar-refractivity contribution is 0.204. The Morgan fingerprint density at radius 1 is 1.33 bits per heavy atom. The second-order valence-corrected chi connectivity index (χ2v) is 4.84. The summed E-state index contributed by atoms with van der Waals surface area (Å²) in [5.41, 5.74) is 1.04. The van der Waals surface area contributed by atoms with Gasteiger partial charge in [0.05, 0.1) is 5.69 Å². The summed E-state index contributed by atoms with van der Waals surface area (Å²) in [7, 11) is 0. The number of hydrogen-bond acceptors (Lipinski definition) is 2. The first-order valence-corrected chi connectivity index (χ1v) is 6.04. The first-order valence-electron chi connectivity index (χ1n) is 5.66. The van der Waals surface area contributed by atoms with Gasteiger partial charge in [-0.15, -0.1) is 0 Å². The van der Waals surface area contributed by atoms with Gasteiger partial charge in [0.1, 0.15) is 11.9 Å². The van der Waals surface area contributed by atoms with E-state index in [-0.39, 0.29) is 11.1 Å². The molecule has 1 atom stereocenters. The minimum absolute atomic E-state index is 0.119. The summed E-state index contributed by atoms with van der Waals surface area (Å²) in [5.74, 6) is -0.466. The molecule has 0 aliphatic heterocycles. The number of hydrogen-bond donors (Lipinski definition) is 1. The molecule has 0 aliphatic carbocycles. The highest BCUT2D eigenvalue weighted by Gasteiger charge is 2.18. The molecule has 0 aliphatic rings. The molecule has 1 heterocycles. The Labute approximate surface area is 110 Å². The van der Waals surface area contributed by atoms with Gasteiger partial charge in [0, 0.05) is 17.3 Å². The van der Waals surface area contributed by atoms with Crippen molar-refractivity contribution >= 4 is 11.6 Å². The van der Waals surface area contributed by atoms with Crippen molar-refractivity contribution in [1.29, 1.82) is 0 Å². The lowest BCUT2D eigenvalue weighted by atomic mass is 10.1. The third kappa shape index (κ3) is 2.54. The maximum Gasteiger partial charge on any atom is 0.125 e. The van der Waals surface area contributed by atoms with Gasteiger partial charge in [-0.25, -0.2) is 4.39 Å². The first kappa shape index (κ1) is 13.1. The molecule has 18 heavy (non-hydrogen) atoms. The van der Waals surface area contributed by atoms with Gasteiger partial charge < -0.3 is 5.11 Å². The van der Waals surface area contributed by atoms with Crippen LogP contribution >= 0.6 is 11.6 Å². The van der Waals surface area contributed by atoms with E-state index >= 15 is 0 Å². The molecular formula is C13H14ClFN2O. The molecule has 0 amide bonds. The Balaban J connectivity index is 2.41. The van der Waals surface area contributed by atoms with Crippen LogP contribution in [0.25, 0.3) is 0 Å². The molecule has 0 saturated heterocycles. The third-order valence-electron chi connectivity index (χ3n) is 2.67. The standard InChI is InChI=1S/C13H14ClFN2O/c1-8(2)17-12(3-4-16-17)13(18)9-5-10(14)7-11(15)6-9/h3-8,13,18H,1-2H3. The first-order chi connectivity index (χ1) is 8.49. The fourth-order valence-corrected chi connectivity index (χ4v) is 2.11. The predicted octanol–water partition coefficient (Wildman–Crippen LogP) is 3.34. The van der Waals surface area contributed by atoms with Crippen LogP contribution in [0.3, 0.4) is 0 Å². The maximum atomic E-state index is 13.3. The highest BCUT2D eigenvalue weighted by atomic mass is 35.5. The van der Waals surface area contributed by atoms with Crippen LogP contribution < -0.4 is 0 Å². The summed E-state index contributed by atoms with van der Waals surface area (Å²) >= 11 is 5.78. The normalized spacial score (nSPS) is 13.0. The smallest absolute Gasteiger partial charge is 0.125 e. The third-order valence-corrected chi connectivity index (χ3v) is 2.89. The lowest BCUT2D eigenvalue weighted by Crippen LogP contribution is -2.12. The molecule has 1 aromatic heterocycles. The van der Waals surface area contributed by atoms with Gasteiger partial charge in [0.15, 0.2) is 0 Å². The molecule has 0 fully saturated rings. The molecule has 2 rings (SSSR count). The van der Waals surface area contributed by atoms with Crippen molar-refractivity contribution in [3.8, 4) is 0 Å². The van der Waals surface area contributed by atoms with Gasteiger partial charge in [0.25, 0.3) is 0 Å². The Hall–Kier alpha value is -1.39. The summed E-state index contributed by atoms with van der Waals surface area (Å²) < 4.78 is 15.0. The van der Waals surface area contributed by atoms with Crippen molar-refractivity contribution in [2.75, 3.05) is 0 Å². The van der Waals surface area contributed by atoms with Crippen LogP contribution in [0.1, 0.15) is 37.3 Å².